The molecule has 6 nitrogen and oxygen atoms in total. The molecule has 0 fully saturated rings. The monoisotopic (exact) mass is 339 g/mol. The van der Waals surface area contributed by atoms with Crippen LogP contribution in [0.4, 0.5) is 0 Å². The van der Waals surface area contributed by atoms with Crippen LogP contribution in [0, 0.1) is 6.92 Å². The number of amides is 1. The van der Waals surface area contributed by atoms with Crippen molar-refractivity contribution in [2.45, 2.75) is 45.8 Å². The molecular weight excluding hydrogens is 314 g/mol. The fraction of sp³-hybridized carbons (Fsp3) is 0.368. The molecule has 1 amide bonds. The van der Waals surface area contributed by atoms with E-state index in [0.717, 1.165) is 29.9 Å². The van der Waals surface area contributed by atoms with Crippen molar-refractivity contribution in [2.24, 2.45) is 5.73 Å². The zero-order valence-electron chi connectivity index (χ0n) is 14.7. The maximum atomic E-state index is 11.1. The first-order chi connectivity index (χ1) is 12.0. The largest absolute Gasteiger partial charge is 0.370 e. The van der Waals surface area contributed by atoms with Crippen LogP contribution in [-0.2, 0) is 24.3 Å². The van der Waals surface area contributed by atoms with E-state index in [9.17, 15) is 4.79 Å². The standard InChI is InChI=1S/C19H25N5O/c1-13(9-16-10-14(2)22-23-16)21-11-15-12-24(8-7-19(20)25)18-6-4-3-5-17(15)18/h3-6,10,12-13,21H,7-9,11H2,1-2H3,(H2,20,25)(H,22,23). The van der Waals surface area contributed by atoms with Crippen molar-refractivity contribution in [1.82, 2.24) is 20.1 Å². The normalized spacial score (nSPS) is 12.6. The number of benzene rings is 1. The lowest BCUT2D eigenvalue weighted by atomic mass is 10.1. The van der Waals surface area contributed by atoms with E-state index in [-0.39, 0.29) is 5.91 Å². The van der Waals surface area contributed by atoms with Gasteiger partial charge in [0.15, 0.2) is 0 Å². The predicted molar refractivity (Wildman–Crippen MR) is 99.1 cm³/mol. The molecule has 25 heavy (non-hydrogen) atoms. The minimum Gasteiger partial charge on any atom is -0.370 e. The molecule has 0 radical (unpaired) electrons. The van der Waals surface area contributed by atoms with Gasteiger partial charge >= 0.3 is 0 Å². The molecule has 4 N–H and O–H groups in total. The van der Waals surface area contributed by atoms with Crippen LogP contribution in [0.1, 0.15) is 30.3 Å². The number of primary amides is 1. The van der Waals surface area contributed by atoms with Gasteiger partial charge in [-0.25, -0.2) is 0 Å². The van der Waals surface area contributed by atoms with E-state index in [2.05, 4.69) is 51.4 Å². The van der Waals surface area contributed by atoms with Crippen molar-refractivity contribution in [1.29, 1.82) is 0 Å². The molecule has 0 saturated carbocycles. The summed E-state index contributed by atoms with van der Waals surface area (Å²) in [6, 6.07) is 10.7. The quantitative estimate of drug-likeness (QED) is 0.588. The number of H-pyrrole nitrogens is 1. The van der Waals surface area contributed by atoms with Gasteiger partial charge in [-0.1, -0.05) is 18.2 Å². The van der Waals surface area contributed by atoms with Crippen molar-refractivity contribution in [3.05, 3.63) is 53.5 Å². The maximum absolute atomic E-state index is 11.1. The Morgan fingerprint density at radius 2 is 2.20 bits per heavy atom. The molecule has 132 valence electrons. The minimum atomic E-state index is -0.277. The average molecular weight is 339 g/mol. The first-order valence-corrected chi connectivity index (χ1v) is 8.62. The Morgan fingerprint density at radius 1 is 1.40 bits per heavy atom. The van der Waals surface area contributed by atoms with Gasteiger partial charge in [-0.05, 0) is 31.5 Å². The van der Waals surface area contributed by atoms with E-state index in [1.807, 2.05) is 19.1 Å². The second-order valence-corrected chi connectivity index (χ2v) is 6.61. The highest BCUT2D eigenvalue weighted by atomic mass is 16.1. The van der Waals surface area contributed by atoms with Crippen molar-refractivity contribution >= 4 is 16.8 Å². The Hall–Kier alpha value is -2.60. The SMILES string of the molecule is Cc1cc(CC(C)NCc2cn(CCC(N)=O)c3ccccc23)n[nH]1. The molecule has 0 aliphatic carbocycles. The Labute approximate surface area is 147 Å². The molecule has 3 aromatic rings. The predicted octanol–water partition coefficient (Wildman–Crippen LogP) is 2.27. The van der Waals surface area contributed by atoms with E-state index in [0.29, 0.717) is 19.0 Å². The van der Waals surface area contributed by atoms with Gasteiger partial charge in [0.05, 0.1) is 5.69 Å². The number of nitrogens with one attached hydrogen (secondary N) is 2. The molecule has 1 unspecified atom stereocenters. The number of carbonyl (C=O) groups excluding carboxylic acids is 1. The van der Waals surface area contributed by atoms with E-state index in [4.69, 9.17) is 5.73 Å². The lowest BCUT2D eigenvalue weighted by molar-refractivity contribution is -0.118. The van der Waals surface area contributed by atoms with Crippen LogP contribution in [-0.4, -0.2) is 26.7 Å². The van der Waals surface area contributed by atoms with Crippen LogP contribution in [0.25, 0.3) is 10.9 Å². The number of nitrogens with zero attached hydrogens (tertiary/aromatic N) is 2. The second kappa shape index (κ2) is 7.53. The summed E-state index contributed by atoms with van der Waals surface area (Å²) in [6.45, 7) is 5.55. The van der Waals surface area contributed by atoms with Gasteiger partial charge in [0, 0.05) is 54.8 Å². The third kappa shape index (κ3) is 4.28. The summed E-state index contributed by atoms with van der Waals surface area (Å²) >= 11 is 0. The number of hydrogen-bond donors (Lipinski definition) is 3. The van der Waals surface area contributed by atoms with E-state index >= 15 is 0 Å². The van der Waals surface area contributed by atoms with E-state index in [1.54, 1.807) is 0 Å². The minimum absolute atomic E-state index is 0.277. The first kappa shape index (κ1) is 17.2. The number of aromatic amines is 1. The van der Waals surface area contributed by atoms with Gasteiger partial charge in [0.25, 0.3) is 0 Å². The number of fused-ring (bicyclic) bond motifs is 1. The number of para-hydroxylation sites is 1. The van der Waals surface area contributed by atoms with Crippen molar-refractivity contribution in [2.75, 3.05) is 0 Å². The second-order valence-electron chi connectivity index (χ2n) is 6.61. The summed E-state index contributed by atoms with van der Waals surface area (Å²) < 4.78 is 2.11. The number of rotatable bonds is 8. The summed E-state index contributed by atoms with van der Waals surface area (Å²) in [5.74, 6) is -0.277. The summed E-state index contributed by atoms with van der Waals surface area (Å²) in [5, 5.41) is 12.1. The van der Waals surface area contributed by atoms with E-state index in [1.165, 1.54) is 10.9 Å². The molecular formula is C19H25N5O. The first-order valence-electron chi connectivity index (χ1n) is 8.62. The molecule has 0 bridgehead atoms. The third-order valence-electron chi connectivity index (χ3n) is 4.39. The fourth-order valence-corrected chi connectivity index (χ4v) is 3.13. The van der Waals surface area contributed by atoms with Gasteiger partial charge in [0.1, 0.15) is 0 Å². The molecule has 0 saturated heterocycles. The lowest BCUT2D eigenvalue weighted by Gasteiger charge is -2.12. The average Bonchev–Trinajstić information content (AvgIpc) is 3.14. The van der Waals surface area contributed by atoms with Crippen LogP contribution < -0.4 is 11.1 Å². The molecule has 2 aromatic heterocycles. The van der Waals surface area contributed by atoms with Gasteiger partial charge in [-0.2, -0.15) is 5.10 Å². The number of hydrogen-bond acceptors (Lipinski definition) is 3. The van der Waals surface area contributed by atoms with Crippen LogP contribution in [0.2, 0.25) is 0 Å². The van der Waals surface area contributed by atoms with Crippen molar-refractivity contribution in [3.63, 3.8) is 0 Å². The Bertz CT molecular complexity index is 864. The molecule has 2 heterocycles. The third-order valence-corrected chi connectivity index (χ3v) is 4.39. The summed E-state index contributed by atoms with van der Waals surface area (Å²) in [7, 11) is 0. The van der Waals surface area contributed by atoms with Crippen LogP contribution >= 0.6 is 0 Å². The maximum Gasteiger partial charge on any atom is 0.219 e. The zero-order chi connectivity index (χ0) is 17.8. The van der Waals surface area contributed by atoms with Crippen LogP contribution in [0.3, 0.4) is 0 Å². The van der Waals surface area contributed by atoms with Gasteiger partial charge in [0.2, 0.25) is 5.91 Å². The lowest BCUT2D eigenvalue weighted by Crippen LogP contribution is -2.27. The highest BCUT2D eigenvalue weighted by Crippen LogP contribution is 2.21. The van der Waals surface area contributed by atoms with Gasteiger partial charge in [-0.15, -0.1) is 0 Å². The van der Waals surface area contributed by atoms with Gasteiger partial charge < -0.3 is 15.6 Å². The number of aryl methyl sites for hydroxylation is 2. The van der Waals surface area contributed by atoms with Crippen molar-refractivity contribution < 1.29 is 4.79 Å². The fourth-order valence-electron chi connectivity index (χ4n) is 3.13. The smallest absolute Gasteiger partial charge is 0.219 e. The Morgan fingerprint density at radius 3 is 2.92 bits per heavy atom. The highest BCUT2D eigenvalue weighted by molar-refractivity contribution is 5.84. The molecule has 6 heteroatoms. The number of aromatic nitrogens is 3. The van der Waals surface area contributed by atoms with Crippen LogP contribution in [0.5, 0.6) is 0 Å². The molecule has 0 aliphatic heterocycles. The van der Waals surface area contributed by atoms with E-state index < -0.39 is 0 Å². The number of nitrogens with two attached hydrogens (primary N) is 1. The summed E-state index contributed by atoms with van der Waals surface area (Å²) in [6.07, 6.45) is 3.34. The summed E-state index contributed by atoms with van der Waals surface area (Å²) in [5.41, 5.74) is 9.81. The molecule has 3 rings (SSSR count). The molecule has 0 spiro atoms. The summed E-state index contributed by atoms with van der Waals surface area (Å²) in [4.78, 5) is 11.1. The van der Waals surface area contributed by atoms with Crippen LogP contribution in [0.15, 0.2) is 36.5 Å². The molecule has 0 aliphatic rings. The van der Waals surface area contributed by atoms with Crippen molar-refractivity contribution in [3.8, 4) is 0 Å². The van der Waals surface area contributed by atoms with Gasteiger partial charge in [-0.3, -0.25) is 9.89 Å². The zero-order valence-corrected chi connectivity index (χ0v) is 14.7. The highest BCUT2D eigenvalue weighted by Gasteiger charge is 2.11. The number of carbonyl (C=O) groups is 1. The molecule has 1 aromatic carbocycles. The Balaban J connectivity index is 1.69. The molecule has 1 atom stereocenters. The topological polar surface area (TPSA) is 88.7 Å². The Kier molecular flexibility index (Phi) is 5.19.